The van der Waals surface area contributed by atoms with Crippen LogP contribution in [0, 0.1) is 13.8 Å². The van der Waals surface area contributed by atoms with E-state index in [0.29, 0.717) is 11.4 Å². The number of carbonyl (C=O) groups is 1. The molecule has 0 aliphatic carbocycles. The second-order valence-electron chi connectivity index (χ2n) is 5.26. The predicted molar refractivity (Wildman–Crippen MR) is 83.7 cm³/mol. The number of aryl methyl sites for hydroxylation is 2. The predicted octanol–water partition coefficient (Wildman–Crippen LogP) is 3.19. The third-order valence-corrected chi connectivity index (χ3v) is 3.59. The number of nitrogen functional groups attached to an aromatic ring is 2. The Morgan fingerprint density at radius 1 is 1.05 bits per heavy atom. The van der Waals surface area contributed by atoms with Crippen LogP contribution in [0.3, 0.4) is 0 Å². The zero-order valence-corrected chi connectivity index (χ0v) is 12.1. The number of nitrogens with two attached hydrogens (primary N) is 2. The van der Waals surface area contributed by atoms with Gasteiger partial charge in [-0.3, -0.25) is 4.79 Å². The van der Waals surface area contributed by atoms with Crippen LogP contribution in [-0.4, -0.2) is 5.78 Å². The van der Waals surface area contributed by atoms with Crippen molar-refractivity contribution in [2.75, 3.05) is 11.5 Å². The molecular formula is C17H20N2O. The fourth-order valence-corrected chi connectivity index (χ4v) is 2.63. The van der Waals surface area contributed by atoms with Gasteiger partial charge in [0.05, 0.1) is 5.92 Å². The summed E-state index contributed by atoms with van der Waals surface area (Å²) in [6, 6.07) is 11.4. The van der Waals surface area contributed by atoms with E-state index in [1.807, 2.05) is 50.2 Å². The van der Waals surface area contributed by atoms with E-state index in [2.05, 4.69) is 0 Å². The number of rotatable bonds is 3. The average molecular weight is 268 g/mol. The Morgan fingerprint density at radius 2 is 1.70 bits per heavy atom. The molecular weight excluding hydrogens is 248 g/mol. The molecule has 0 aromatic heterocycles. The summed E-state index contributed by atoms with van der Waals surface area (Å²) in [4.78, 5) is 12.2. The van der Waals surface area contributed by atoms with E-state index in [1.54, 1.807) is 6.92 Å². The van der Waals surface area contributed by atoms with Gasteiger partial charge >= 0.3 is 0 Å². The highest BCUT2D eigenvalue weighted by Gasteiger charge is 2.24. The highest BCUT2D eigenvalue weighted by atomic mass is 16.1. The van der Waals surface area contributed by atoms with Crippen molar-refractivity contribution in [1.82, 2.24) is 0 Å². The van der Waals surface area contributed by atoms with Crippen molar-refractivity contribution in [3.05, 3.63) is 58.7 Å². The fraction of sp³-hybridized carbons (Fsp3) is 0.235. The lowest BCUT2D eigenvalue weighted by molar-refractivity contribution is -0.117. The van der Waals surface area contributed by atoms with E-state index in [-0.39, 0.29) is 5.78 Å². The maximum Gasteiger partial charge on any atom is 0.141 e. The molecule has 0 heterocycles. The molecule has 1 unspecified atom stereocenters. The number of benzene rings is 2. The van der Waals surface area contributed by atoms with Crippen LogP contribution >= 0.6 is 0 Å². The van der Waals surface area contributed by atoms with Gasteiger partial charge in [0.25, 0.3) is 0 Å². The average Bonchev–Trinajstić information content (AvgIpc) is 2.37. The maximum absolute atomic E-state index is 12.2. The SMILES string of the molecule is CC(=O)C(c1ccccc1N)c1cc(C)cc(C)c1N. The Labute approximate surface area is 119 Å². The Kier molecular flexibility index (Phi) is 3.79. The molecule has 3 heteroatoms. The molecule has 0 radical (unpaired) electrons. The fourth-order valence-electron chi connectivity index (χ4n) is 2.63. The van der Waals surface area contributed by atoms with E-state index < -0.39 is 5.92 Å². The van der Waals surface area contributed by atoms with Crippen LogP contribution in [0.15, 0.2) is 36.4 Å². The van der Waals surface area contributed by atoms with Crippen LogP contribution in [0.4, 0.5) is 11.4 Å². The molecule has 3 nitrogen and oxygen atoms in total. The molecule has 0 aliphatic heterocycles. The lowest BCUT2D eigenvalue weighted by atomic mass is 9.84. The molecule has 2 aromatic carbocycles. The second-order valence-corrected chi connectivity index (χ2v) is 5.26. The number of anilines is 2. The van der Waals surface area contributed by atoms with Crippen molar-refractivity contribution in [1.29, 1.82) is 0 Å². The Morgan fingerprint density at radius 3 is 2.30 bits per heavy atom. The third kappa shape index (κ3) is 2.52. The lowest BCUT2D eigenvalue weighted by Crippen LogP contribution is -2.15. The summed E-state index contributed by atoms with van der Waals surface area (Å²) in [5.74, 6) is -0.366. The summed E-state index contributed by atoms with van der Waals surface area (Å²) < 4.78 is 0. The van der Waals surface area contributed by atoms with Crippen LogP contribution in [0.2, 0.25) is 0 Å². The van der Waals surface area contributed by atoms with Gasteiger partial charge in [-0.25, -0.2) is 0 Å². The quantitative estimate of drug-likeness (QED) is 0.840. The van der Waals surface area contributed by atoms with Gasteiger partial charge in [-0.05, 0) is 43.5 Å². The molecule has 0 aliphatic rings. The van der Waals surface area contributed by atoms with Gasteiger partial charge in [-0.15, -0.1) is 0 Å². The van der Waals surface area contributed by atoms with E-state index in [4.69, 9.17) is 11.5 Å². The van der Waals surface area contributed by atoms with Crippen molar-refractivity contribution in [2.24, 2.45) is 0 Å². The first-order valence-electron chi connectivity index (χ1n) is 6.63. The highest BCUT2D eigenvalue weighted by Crippen LogP contribution is 2.35. The van der Waals surface area contributed by atoms with E-state index >= 15 is 0 Å². The van der Waals surface area contributed by atoms with Crippen LogP contribution in [0.5, 0.6) is 0 Å². The van der Waals surface area contributed by atoms with Gasteiger partial charge in [0.2, 0.25) is 0 Å². The molecule has 1 atom stereocenters. The summed E-state index contributed by atoms with van der Waals surface area (Å²) in [6.07, 6.45) is 0. The van der Waals surface area contributed by atoms with Crippen molar-refractivity contribution < 1.29 is 4.79 Å². The number of Topliss-reactive ketones (excluding diaryl/α,β-unsaturated/α-hetero) is 1. The molecule has 0 amide bonds. The van der Waals surface area contributed by atoms with Crippen LogP contribution < -0.4 is 11.5 Å². The molecule has 0 saturated carbocycles. The smallest absolute Gasteiger partial charge is 0.141 e. The van der Waals surface area contributed by atoms with Gasteiger partial charge in [-0.2, -0.15) is 0 Å². The minimum atomic E-state index is -0.408. The van der Waals surface area contributed by atoms with E-state index in [0.717, 1.165) is 22.3 Å². The molecule has 2 aromatic rings. The van der Waals surface area contributed by atoms with Gasteiger partial charge in [0, 0.05) is 11.4 Å². The molecule has 0 spiro atoms. The van der Waals surface area contributed by atoms with Crippen LogP contribution in [0.1, 0.15) is 35.1 Å². The van der Waals surface area contributed by atoms with Crippen molar-refractivity contribution in [3.63, 3.8) is 0 Å². The van der Waals surface area contributed by atoms with Crippen molar-refractivity contribution >= 4 is 17.2 Å². The van der Waals surface area contributed by atoms with Crippen LogP contribution in [-0.2, 0) is 4.79 Å². The number of hydrogen-bond donors (Lipinski definition) is 2. The third-order valence-electron chi connectivity index (χ3n) is 3.59. The topological polar surface area (TPSA) is 69.1 Å². The monoisotopic (exact) mass is 268 g/mol. The van der Waals surface area contributed by atoms with Gasteiger partial charge < -0.3 is 11.5 Å². The summed E-state index contributed by atoms with van der Waals surface area (Å²) in [6.45, 7) is 5.53. The van der Waals surface area contributed by atoms with Crippen molar-refractivity contribution in [2.45, 2.75) is 26.7 Å². The van der Waals surface area contributed by atoms with Crippen molar-refractivity contribution in [3.8, 4) is 0 Å². The minimum absolute atomic E-state index is 0.0413. The van der Waals surface area contributed by atoms with Gasteiger partial charge in [-0.1, -0.05) is 35.9 Å². The zero-order valence-electron chi connectivity index (χ0n) is 12.1. The van der Waals surface area contributed by atoms with E-state index in [9.17, 15) is 4.79 Å². The molecule has 20 heavy (non-hydrogen) atoms. The number of ketones is 1. The minimum Gasteiger partial charge on any atom is -0.398 e. The molecule has 4 N–H and O–H groups in total. The Balaban J connectivity index is 2.67. The summed E-state index contributed by atoms with van der Waals surface area (Å²) >= 11 is 0. The molecule has 0 saturated heterocycles. The van der Waals surface area contributed by atoms with E-state index in [1.165, 1.54) is 0 Å². The molecule has 0 fully saturated rings. The molecule has 2 rings (SSSR count). The Bertz CT molecular complexity index is 662. The summed E-state index contributed by atoms with van der Waals surface area (Å²) in [7, 11) is 0. The summed E-state index contributed by atoms with van der Waals surface area (Å²) in [5, 5.41) is 0. The van der Waals surface area contributed by atoms with Crippen LogP contribution in [0.25, 0.3) is 0 Å². The largest absolute Gasteiger partial charge is 0.398 e. The van der Waals surface area contributed by atoms with Gasteiger partial charge in [0.1, 0.15) is 5.78 Å². The standard InChI is InChI=1S/C17H20N2O/c1-10-8-11(2)17(19)14(9-10)16(12(3)20)13-6-4-5-7-15(13)18/h4-9,16H,18-19H2,1-3H3. The maximum atomic E-state index is 12.2. The first-order chi connectivity index (χ1) is 9.41. The summed E-state index contributed by atoms with van der Waals surface area (Å²) in [5.41, 5.74) is 17.2. The second kappa shape index (κ2) is 5.37. The first kappa shape index (κ1) is 14.1. The number of para-hydroxylation sites is 1. The lowest BCUT2D eigenvalue weighted by Gasteiger charge is -2.20. The highest BCUT2D eigenvalue weighted by molar-refractivity contribution is 5.90. The normalized spacial score (nSPS) is 12.2. The Hall–Kier alpha value is -2.29. The molecule has 104 valence electrons. The molecule has 0 bridgehead atoms. The zero-order chi connectivity index (χ0) is 14.9. The van der Waals surface area contributed by atoms with Gasteiger partial charge in [0.15, 0.2) is 0 Å². The first-order valence-corrected chi connectivity index (χ1v) is 6.63. The number of carbonyl (C=O) groups excluding carboxylic acids is 1. The number of hydrogen-bond acceptors (Lipinski definition) is 3.